The molecule has 7 heavy (non-hydrogen) atoms. The molecule has 1 aliphatic carbocycles. The largest absolute Gasteiger partial charge is 0.377 e. The third-order valence-corrected chi connectivity index (χ3v) is 1.50. The highest BCUT2D eigenvalue weighted by Gasteiger charge is 2.35. The normalized spacial score (nSPS) is 38.6. The maximum absolute atomic E-state index is 5.61. The quantitative estimate of drug-likeness (QED) is 0.501. The Bertz CT molecular complexity index is 65.1. The van der Waals surface area contributed by atoms with Gasteiger partial charge in [0.1, 0.15) is 0 Å². The standard InChI is InChI=1S/C5H9ClO/c1-2-7-5-3-4(5)6/h4-5H,2-3H2,1H3. The van der Waals surface area contributed by atoms with Crippen LogP contribution in [0.4, 0.5) is 0 Å². The summed E-state index contributed by atoms with van der Waals surface area (Å²) in [5, 5.41) is 0.319. The average Bonchev–Trinajstić information content (AvgIpc) is 2.22. The molecule has 0 aromatic heterocycles. The van der Waals surface area contributed by atoms with Crippen LogP contribution < -0.4 is 0 Å². The van der Waals surface area contributed by atoms with E-state index in [1.165, 1.54) is 0 Å². The lowest BCUT2D eigenvalue weighted by atomic mass is 10.8. The Labute approximate surface area is 48.6 Å². The van der Waals surface area contributed by atoms with Gasteiger partial charge in [0.25, 0.3) is 0 Å². The van der Waals surface area contributed by atoms with Gasteiger partial charge in [-0.05, 0) is 13.3 Å². The van der Waals surface area contributed by atoms with Crippen LogP contribution in [0.5, 0.6) is 0 Å². The molecule has 0 amide bonds. The van der Waals surface area contributed by atoms with Gasteiger partial charge in [0.15, 0.2) is 0 Å². The summed E-state index contributed by atoms with van der Waals surface area (Å²) in [7, 11) is 0. The SMILES string of the molecule is CCOC1CC1Cl. The topological polar surface area (TPSA) is 9.23 Å². The highest BCUT2D eigenvalue weighted by molar-refractivity contribution is 6.23. The van der Waals surface area contributed by atoms with Crippen molar-refractivity contribution in [3.05, 3.63) is 0 Å². The van der Waals surface area contributed by atoms with Gasteiger partial charge in [-0.15, -0.1) is 11.6 Å². The molecule has 2 unspecified atom stereocenters. The van der Waals surface area contributed by atoms with Crippen molar-refractivity contribution in [2.45, 2.75) is 24.8 Å². The summed E-state index contributed by atoms with van der Waals surface area (Å²) in [6.45, 7) is 2.79. The maximum atomic E-state index is 5.61. The van der Waals surface area contributed by atoms with E-state index in [0.29, 0.717) is 11.5 Å². The molecule has 1 nitrogen and oxygen atoms in total. The van der Waals surface area contributed by atoms with Gasteiger partial charge in [-0.3, -0.25) is 0 Å². The van der Waals surface area contributed by atoms with E-state index in [0.717, 1.165) is 13.0 Å². The number of rotatable bonds is 2. The van der Waals surface area contributed by atoms with Gasteiger partial charge < -0.3 is 4.74 Å². The smallest absolute Gasteiger partial charge is 0.0754 e. The van der Waals surface area contributed by atoms with Gasteiger partial charge in [-0.1, -0.05) is 0 Å². The van der Waals surface area contributed by atoms with Crippen molar-refractivity contribution in [1.29, 1.82) is 0 Å². The molecule has 1 aliphatic rings. The number of hydrogen-bond donors (Lipinski definition) is 0. The number of ether oxygens (including phenoxy) is 1. The Morgan fingerprint density at radius 3 is 2.57 bits per heavy atom. The molecule has 1 fully saturated rings. The summed E-state index contributed by atoms with van der Waals surface area (Å²) in [4.78, 5) is 0. The zero-order valence-electron chi connectivity index (χ0n) is 4.36. The first kappa shape index (κ1) is 5.39. The van der Waals surface area contributed by atoms with Crippen LogP contribution in [0.25, 0.3) is 0 Å². The van der Waals surface area contributed by atoms with Crippen LogP contribution in [-0.4, -0.2) is 18.1 Å². The van der Waals surface area contributed by atoms with E-state index in [4.69, 9.17) is 16.3 Å². The zero-order chi connectivity index (χ0) is 5.28. The van der Waals surface area contributed by atoms with E-state index >= 15 is 0 Å². The highest BCUT2D eigenvalue weighted by atomic mass is 35.5. The molecule has 0 N–H and O–H groups in total. The Hall–Kier alpha value is 0.250. The fraction of sp³-hybridized carbons (Fsp3) is 1.00. The van der Waals surface area contributed by atoms with Gasteiger partial charge in [0.2, 0.25) is 0 Å². The molecule has 1 saturated carbocycles. The molecule has 42 valence electrons. The second kappa shape index (κ2) is 2.01. The molecule has 0 heterocycles. The second-order valence-corrected chi connectivity index (χ2v) is 2.31. The van der Waals surface area contributed by atoms with Gasteiger partial charge >= 0.3 is 0 Å². The first-order valence-corrected chi connectivity index (χ1v) is 3.04. The van der Waals surface area contributed by atoms with Crippen molar-refractivity contribution in [3.63, 3.8) is 0 Å². The van der Waals surface area contributed by atoms with Crippen molar-refractivity contribution >= 4 is 11.6 Å². The molecule has 0 spiro atoms. The second-order valence-electron chi connectivity index (χ2n) is 1.75. The minimum atomic E-state index is 0.319. The van der Waals surface area contributed by atoms with E-state index in [2.05, 4.69) is 0 Å². The predicted molar refractivity (Wildman–Crippen MR) is 29.7 cm³/mol. The third-order valence-electron chi connectivity index (χ3n) is 1.04. The molecule has 0 bridgehead atoms. The molecule has 2 heteroatoms. The van der Waals surface area contributed by atoms with E-state index in [1.807, 2.05) is 6.92 Å². The molecule has 2 atom stereocenters. The van der Waals surface area contributed by atoms with E-state index in [9.17, 15) is 0 Å². The molecule has 0 aromatic rings. The van der Waals surface area contributed by atoms with Crippen LogP contribution in [0.2, 0.25) is 0 Å². The van der Waals surface area contributed by atoms with Gasteiger partial charge in [0, 0.05) is 6.61 Å². The lowest BCUT2D eigenvalue weighted by Crippen LogP contribution is -1.93. The van der Waals surface area contributed by atoms with Crippen LogP contribution in [0, 0.1) is 0 Å². The van der Waals surface area contributed by atoms with Crippen molar-refractivity contribution in [2.75, 3.05) is 6.61 Å². The molecular formula is C5H9ClO. The monoisotopic (exact) mass is 120 g/mol. The zero-order valence-corrected chi connectivity index (χ0v) is 5.11. The predicted octanol–water partition coefficient (Wildman–Crippen LogP) is 1.40. The fourth-order valence-electron chi connectivity index (χ4n) is 0.530. The fourth-order valence-corrected chi connectivity index (χ4v) is 0.778. The Morgan fingerprint density at radius 1 is 1.86 bits per heavy atom. The lowest BCUT2D eigenvalue weighted by Gasteiger charge is -1.91. The summed E-state index contributed by atoms with van der Waals surface area (Å²) in [6, 6.07) is 0. The van der Waals surface area contributed by atoms with Crippen LogP contribution in [0.3, 0.4) is 0 Å². The summed E-state index contributed by atoms with van der Waals surface area (Å²) in [5.74, 6) is 0. The first-order valence-electron chi connectivity index (χ1n) is 2.60. The van der Waals surface area contributed by atoms with Crippen molar-refractivity contribution in [2.24, 2.45) is 0 Å². The summed E-state index contributed by atoms with van der Waals surface area (Å²) in [5.41, 5.74) is 0. The van der Waals surface area contributed by atoms with Crippen molar-refractivity contribution in [1.82, 2.24) is 0 Å². The minimum Gasteiger partial charge on any atom is -0.377 e. The Morgan fingerprint density at radius 2 is 2.43 bits per heavy atom. The van der Waals surface area contributed by atoms with Crippen molar-refractivity contribution in [3.8, 4) is 0 Å². The summed E-state index contributed by atoms with van der Waals surface area (Å²) < 4.78 is 5.13. The molecule has 1 rings (SSSR count). The molecule has 0 aromatic carbocycles. The van der Waals surface area contributed by atoms with Crippen LogP contribution in [-0.2, 0) is 4.74 Å². The van der Waals surface area contributed by atoms with E-state index < -0.39 is 0 Å². The number of halogens is 1. The van der Waals surface area contributed by atoms with Crippen LogP contribution in [0.1, 0.15) is 13.3 Å². The van der Waals surface area contributed by atoms with Crippen LogP contribution in [0.15, 0.2) is 0 Å². The van der Waals surface area contributed by atoms with Gasteiger partial charge in [-0.25, -0.2) is 0 Å². The average molecular weight is 121 g/mol. The Balaban J connectivity index is 1.98. The maximum Gasteiger partial charge on any atom is 0.0754 e. The third kappa shape index (κ3) is 1.32. The van der Waals surface area contributed by atoms with E-state index in [-0.39, 0.29) is 0 Å². The Kier molecular flexibility index (Phi) is 1.55. The minimum absolute atomic E-state index is 0.319. The lowest BCUT2D eigenvalue weighted by molar-refractivity contribution is 0.133. The van der Waals surface area contributed by atoms with Crippen LogP contribution >= 0.6 is 11.6 Å². The molecule has 0 aliphatic heterocycles. The summed E-state index contributed by atoms with van der Waals surface area (Å²) >= 11 is 5.61. The van der Waals surface area contributed by atoms with Gasteiger partial charge in [0.05, 0.1) is 11.5 Å². The highest BCUT2D eigenvalue weighted by Crippen LogP contribution is 2.30. The number of alkyl halides is 1. The number of hydrogen-bond acceptors (Lipinski definition) is 1. The molecule has 0 radical (unpaired) electrons. The summed E-state index contributed by atoms with van der Waals surface area (Å²) in [6.07, 6.45) is 1.43. The molecular weight excluding hydrogens is 112 g/mol. The van der Waals surface area contributed by atoms with E-state index in [1.54, 1.807) is 0 Å². The van der Waals surface area contributed by atoms with Crippen molar-refractivity contribution < 1.29 is 4.74 Å². The molecule has 0 saturated heterocycles. The van der Waals surface area contributed by atoms with Gasteiger partial charge in [-0.2, -0.15) is 0 Å². The first-order chi connectivity index (χ1) is 3.34.